The van der Waals surface area contributed by atoms with Crippen molar-refractivity contribution < 1.29 is 4.39 Å². The molecular weight excluding hydrogens is 313 g/mol. The first kappa shape index (κ1) is 16.5. The summed E-state index contributed by atoms with van der Waals surface area (Å²) in [5.74, 6) is -0.399. The van der Waals surface area contributed by atoms with Crippen LogP contribution in [-0.4, -0.2) is 18.7 Å². The van der Waals surface area contributed by atoms with Crippen molar-refractivity contribution in [3.8, 4) is 11.8 Å². The molecule has 3 rings (SSSR count). The Labute approximate surface area is 146 Å². The molecule has 0 aliphatic heterocycles. The van der Waals surface area contributed by atoms with E-state index in [9.17, 15) is 9.65 Å². The molecule has 2 aromatic carbocycles. The van der Waals surface area contributed by atoms with E-state index >= 15 is 0 Å². The van der Waals surface area contributed by atoms with Gasteiger partial charge in [0.1, 0.15) is 5.82 Å². The molecule has 0 unspecified atom stereocenters. The van der Waals surface area contributed by atoms with Gasteiger partial charge >= 0.3 is 0 Å². The summed E-state index contributed by atoms with van der Waals surface area (Å²) in [4.78, 5) is 2.03. The number of rotatable bonds is 4. The maximum absolute atomic E-state index is 14.0. The van der Waals surface area contributed by atoms with Gasteiger partial charge in [-0.25, -0.2) is 4.39 Å². The largest absolute Gasteiger partial charge is 0.378 e. The molecule has 4 heteroatoms. The molecule has 3 nitrogen and oxygen atoms in total. The van der Waals surface area contributed by atoms with E-state index in [1.54, 1.807) is 24.3 Å². The Bertz CT molecular complexity index is 944. The number of hydrogen-bond donors (Lipinski definition) is 0. The lowest BCUT2D eigenvalue weighted by Gasteiger charge is -2.14. The molecule has 0 fully saturated rings. The second kappa shape index (κ2) is 7.06. The molecule has 0 saturated carbocycles. The van der Waals surface area contributed by atoms with Crippen LogP contribution in [0.5, 0.6) is 0 Å². The van der Waals surface area contributed by atoms with Gasteiger partial charge in [0, 0.05) is 42.9 Å². The van der Waals surface area contributed by atoms with E-state index in [1.807, 2.05) is 66.2 Å². The number of anilines is 1. The summed E-state index contributed by atoms with van der Waals surface area (Å²) in [7, 11) is 3.98. The highest BCUT2D eigenvalue weighted by atomic mass is 19.1. The second-order valence-electron chi connectivity index (χ2n) is 5.86. The lowest BCUT2D eigenvalue weighted by molar-refractivity contribution is 0.624. The van der Waals surface area contributed by atoms with E-state index in [1.165, 1.54) is 6.07 Å². The summed E-state index contributed by atoms with van der Waals surface area (Å²) in [6, 6.07) is 20.3. The molecule has 124 valence electrons. The predicted molar refractivity (Wildman–Crippen MR) is 100.0 cm³/mol. The molecule has 0 saturated heterocycles. The molecule has 1 heterocycles. The Hall–Kier alpha value is -3.32. The third-order valence-electron chi connectivity index (χ3n) is 4.00. The van der Waals surface area contributed by atoms with Gasteiger partial charge in [-0.2, -0.15) is 5.26 Å². The number of halogens is 1. The zero-order valence-corrected chi connectivity index (χ0v) is 14.1. The average molecular weight is 331 g/mol. The van der Waals surface area contributed by atoms with Crippen molar-refractivity contribution in [1.29, 1.82) is 5.26 Å². The van der Waals surface area contributed by atoms with E-state index in [2.05, 4.69) is 6.07 Å². The molecule has 0 bridgehead atoms. The monoisotopic (exact) mass is 331 g/mol. The highest BCUT2D eigenvalue weighted by molar-refractivity contribution is 5.89. The number of benzene rings is 2. The van der Waals surface area contributed by atoms with Crippen molar-refractivity contribution in [3.63, 3.8) is 0 Å². The maximum Gasteiger partial charge on any atom is 0.131 e. The number of nitrogens with zero attached hydrogens (tertiary/aromatic N) is 3. The second-order valence-corrected chi connectivity index (χ2v) is 5.86. The van der Waals surface area contributed by atoms with Crippen molar-refractivity contribution in [3.05, 3.63) is 83.9 Å². The van der Waals surface area contributed by atoms with Gasteiger partial charge in [-0.15, -0.1) is 0 Å². The summed E-state index contributed by atoms with van der Waals surface area (Å²) in [5, 5.41) is 9.46. The molecule has 0 radical (unpaired) electrons. The first-order valence-electron chi connectivity index (χ1n) is 7.92. The topological polar surface area (TPSA) is 32.0 Å². The normalized spacial score (nSPS) is 11.2. The Morgan fingerprint density at radius 1 is 1.04 bits per heavy atom. The molecule has 0 N–H and O–H groups in total. The fraction of sp³-hybridized carbons (Fsp3) is 0.0952. The molecule has 25 heavy (non-hydrogen) atoms. The van der Waals surface area contributed by atoms with Crippen LogP contribution in [0.2, 0.25) is 0 Å². The van der Waals surface area contributed by atoms with Crippen LogP contribution in [0.25, 0.3) is 17.3 Å². The third-order valence-corrected chi connectivity index (χ3v) is 4.00. The minimum atomic E-state index is -0.399. The fourth-order valence-electron chi connectivity index (χ4n) is 2.66. The van der Waals surface area contributed by atoms with E-state index in [-0.39, 0.29) is 0 Å². The van der Waals surface area contributed by atoms with Gasteiger partial charge in [-0.1, -0.05) is 18.2 Å². The zero-order valence-electron chi connectivity index (χ0n) is 14.1. The van der Waals surface area contributed by atoms with Gasteiger partial charge in [0.2, 0.25) is 0 Å². The maximum atomic E-state index is 14.0. The van der Waals surface area contributed by atoms with Crippen molar-refractivity contribution >= 4 is 17.3 Å². The van der Waals surface area contributed by atoms with Gasteiger partial charge < -0.3 is 9.47 Å². The van der Waals surface area contributed by atoms with Gasteiger partial charge in [0.15, 0.2) is 0 Å². The van der Waals surface area contributed by atoms with Crippen LogP contribution in [0, 0.1) is 17.1 Å². The molecule has 3 aromatic rings. The van der Waals surface area contributed by atoms with Crippen molar-refractivity contribution in [2.75, 3.05) is 19.0 Å². The van der Waals surface area contributed by atoms with Crippen LogP contribution in [0.3, 0.4) is 0 Å². The quantitative estimate of drug-likeness (QED) is 0.646. The average Bonchev–Trinajstić information content (AvgIpc) is 3.08. The lowest BCUT2D eigenvalue weighted by atomic mass is 10.1. The standard InChI is InChI=1S/C21H18FN3/c1-24(2)17-9-11-18(12-10-17)25-13-5-6-19(25)14-16(15-23)20-7-3-4-8-21(20)22/h3-14H,1-2H3/b16-14-. The number of allylic oxidation sites excluding steroid dienone is 1. The van der Waals surface area contributed by atoms with Gasteiger partial charge in [-0.3, -0.25) is 0 Å². The van der Waals surface area contributed by atoms with Crippen molar-refractivity contribution in [2.24, 2.45) is 0 Å². The molecule has 0 aliphatic carbocycles. The van der Waals surface area contributed by atoms with Crippen LogP contribution in [0.4, 0.5) is 10.1 Å². The molecule has 0 atom stereocenters. The van der Waals surface area contributed by atoms with Crippen molar-refractivity contribution in [1.82, 2.24) is 4.57 Å². The molecular formula is C21H18FN3. The fourth-order valence-corrected chi connectivity index (χ4v) is 2.66. The summed E-state index contributed by atoms with van der Waals surface area (Å²) in [5.41, 5.74) is 3.51. The summed E-state index contributed by atoms with van der Waals surface area (Å²) >= 11 is 0. The molecule has 1 aromatic heterocycles. The lowest BCUT2D eigenvalue weighted by Crippen LogP contribution is -2.08. The van der Waals surface area contributed by atoms with E-state index in [4.69, 9.17) is 0 Å². The van der Waals surface area contributed by atoms with E-state index in [0.717, 1.165) is 17.1 Å². The molecule has 0 amide bonds. The predicted octanol–water partition coefficient (Wildman–Crippen LogP) is 4.75. The zero-order chi connectivity index (χ0) is 17.8. The third kappa shape index (κ3) is 3.46. The van der Waals surface area contributed by atoms with Gasteiger partial charge in [0.05, 0.1) is 11.6 Å². The Kier molecular flexibility index (Phi) is 4.67. The van der Waals surface area contributed by atoms with Crippen LogP contribution in [0.15, 0.2) is 66.9 Å². The molecule has 0 aliphatic rings. The minimum absolute atomic E-state index is 0.294. The minimum Gasteiger partial charge on any atom is -0.378 e. The summed E-state index contributed by atoms with van der Waals surface area (Å²) in [6.45, 7) is 0. The van der Waals surface area contributed by atoms with Gasteiger partial charge in [0.25, 0.3) is 0 Å². The first-order valence-corrected chi connectivity index (χ1v) is 7.92. The Morgan fingerprint density at radius 3 is 2.40 bits per heavy atom. The molecule has 0 spiro atoms. The summed E-state index contributed by atoms with van der Waals surface area (Å²) < 4.78 is 16.0. The van der Waals surface area contributed by atoms with Crippen LogP contribution in [0.1, 0.15) is 11.3 Å². The SMILES string of the molecule is CN(C)c1ccc(-n2cccc2/C=C(/C#N)c2ccccc2F)cc1. The first-order chi connectivity index (χ1) is 12.1. The number of aromatic nitrogens is 1. The van der Waals surface area contributed by atoms with Crippen LogP contribution >= 0.6 is 0 Å². The smallest absolute Gasteiger partial charge is 0.131 e. The summed E-state index contributed by atoms with van der Waals surface area (Å²) in [6.07, 6.45) is 3.63. The van der Waals surface area contributed by atoms with Crippen LogP contribution < -0.4 is 4.90 Å². The highest BCUT2D eigenvalue weighted by Crippen LogP contribution is 2.23. The van der Waals surface area contributed by atoms with Gasteiger partial charge in [-0.05, 0) is 48.5 Å². The van der Waals surface area contributed by atoms with Crippen molar-refractivity contribution in [2.45, 2.75) is 0 Å². The van der Waals surface area contributed by atoms with E-state index in [0.29, 0.717) is 11.1 Å². The Morgan fingerprint density at radius 2 is 1.76 bits per heavy atom. The van der Waals surface area contributed by atoms with E-state index < -0.39 is 5.82 Å². The number of hydrogen-bond acceptors (Lipinski definition) is 2. The highest BCUT2D eigenvalue weighted by Gasteiger charge is 2.09. The number of nitriles is 1. The van der Waals surface area contributed by atoms with Crippen LogP contribution in [-0.2, 0) is 0 Å². The Balaban J connectivity index is 2.01.